The number of nitrogens with one attached hydrogen (secondary N) is 1. The van der Waals surface area contributed by atoms with E-state index in [0.29, 0.717) is 6.54 Å². The summed E-state index contributed by atoms with van der Waals surface area (Å²) < 4.78 is 5.22. The van der Waals surface area contributed by atoms with Crippen molar-refractivity contribution in [2.24, 2.45) is 5.41 Å². The average Bonchev–Trinajstić information content (AvgIpc) is 2.82. The Bertz CT molecular complexity index is 464. The maximum Gasteiger partial charge on any atom is 0.407 e. The van der Waals surface area contributed by atoms with Crippen molar-refractivity contribution in [3.05, 3.63) is 21.9 Å². The van der Waals surface area contributed by atoms with Gasteiger partial charge in [-0.25, -0.2) is 4.79 Å². The van der Waals surface area contributed by atoms with Crippen molar-refractivity contribution >= 4 is 17.4 Å². The normalized spacial score (nSPS) is 14.6. The lowest BCUT2D eigenvalue weighted by atomic mass is 9.87. The number of alkyl carbamates (subject to hydrolysis) is 1. The third-order valence-electron chi connectivity index (χ3n) is 3.11. The average molecular weight is 313 g/mol. The summed E-state index contributed by atoms with van der Waals surface area (Å²) >= 11 is 1.76. The van der Waals surface area contributed by atoms with E-state index in [1.807, 2.05) is 27.7 Å². The number of hydrogen-bond donors (Lipinski definition) is 2. The van der Waals surface area contributed by atoms with E-state index in [9.17, 15) is 9.90 Å². The van der Waals surface area contributed by atoms with Crippen LogP contribution in [-0.2, 0) is 17.6 Å². The van der Waals surface area contributed by atoms with Crippen LogP contribution in [0.4, 0.5) is 4.79 Å². The molecule has 0 radical (unpaired) electrons. The van der Waals surface area contributed by atoms with Crippen LogP contribution >= 0.6 is 11.3 Å². The first-order valence-corrected chi connectivity index (χ1v) is 8.14. The number of carbonyl (C=O) groups is 1. The number of hydrogen-bond acceptors (Lipinski definition) is 4. The summed E-state index contributed by atoms with van der Waals surface area (Å²) in [6, 6.07) is 4.23. The third kappa shape index (κ3) is 6.48. The molecule has 0 fully saturated rings. The zero-order chi connectivity index (χ0) is 16.1. The van der Waals surface area contributed by atoms with E-state index >= 15 is 0 Å². The van der Waals surface area contributed by atoms with Gasteiger partial charge in [0, 0.05) is 21.7 Å². The van der Waals surface area contributed by atoms with Crippen LogP contribution in [0.1, 0.15) is 44.4 Å². The molecule has 1 aromatic rings. The molecule has 4 nitrogen and oxygen atoms in total. The van der Waals surface area contributed by atoms with Crippen molar-refractivity contribution in [2.45, 2.75) is 53.1 Å². The molecular weight excluding hydrogens is 286 g/mol. The Morgan fingerprint density at radius 3 is 2.38 bits per heavy atom. The number of amides is 1. The van der Waals surface area contributed by atoms with Crippen molar-refractivity contribution in [3.8, 4) is 0 Å². The van der Waals surface area contributed by atoms with Crippen molar-refractivity contribution in [1.29, 1.82) is 0 Å². The molecule has 0 spiro atoms. The van der Waals surface area contributed by atoms with Gasteiger partial charge < -0.3 is 15.2 Å². The molecule has 21 heavy (non-hydrogen) atoms. The van der Waals surface area contributed by atoms with E-state index in [1.54, 1.807) is 11.3 Å². The van der Waals surface area contributed by atoms with Gasteiger partial charge in [0.2, 0.25) is 0 Å². The lowest BCUT2D eigenvalue weighted by molar-refractivity contribution is 0.0479. The number of ether oxygens (including phenoxy) is 1. The predicted octanol–water partition coefficient (Wildman–Crippen LogP) is 3.38. The van der Waals surface area contributed by atoms with Gasteiger partial charge in [0.15, 0.2) is 0 Å². The van der Waals surface area contributed by atoms with Crippen LogP contribution in [-0.4, -0.2) is 30.0 Å². The van der Waals surface area contributed by atoms with Crippen molar-refractivity contribution in [3.63, 3.8) is 0 Å². The van der Waals surface area contributed by atoms with E-state index in [0.717, 1.165) is 12.8 Å². The molecule has 0 aliphatic carbocycles. The maximum atomic E-state index is 11.7. The molecule has 1 heterocycles. The molecule has 5 heteroatoms. The quantitative estimate of drug-likeness (QED) is 0.846. The van der Waals surface area contributed by atoms with Crippen LogP contribution in [0.25, 0.3) is 0 Å². The molecule has 1 unspecified atom stereocenters. The van der Waals surface area contributed by atoms with Crippen LogP contribution in [0.3, 0.4) is 0 Å². The summed E-state index contributed by atoms with van der Waals surface area (Å²) in [5.41, 5.74) is -0.893. The fourth-order valence-corrected chi connectivity index (χ4v) is 3.08. The molecule has 2 N–H and O–H groups in total. The molecule has 120 valence electrons. The highest BCUT2D eigenvalue weighted by molar-refractivity contribution is 7.11. The lowest BCUT2D eigenvalue weighted by Gasteiger charge is -2.28. The number of thiophene rings is 1. The predicted molar refractivity (Wildman–Crippen MR) is 86.8 cm³/mol. The van der Waals surface area contributed by atoms with Gasteiger partial charge in [0.05, 0.1) is 6.61 Å². The van der Waals surface area contributed by atoms with Gasteiger partial charge in [-0.3, -0.25) is 0 Å². The topological polar surface area (TPSA) is 58.6 Å². The second kappa shape index (κ2) is 7.27. The Morgan fingerprint density at radius 1 is 1.29 bits per heavy atom. The molecule has 1 amide bonds. The van der Waals surface area contributed by atoms with Crippen LogP contribution in [0.5, 0.6) is 0 Å². The molecule has 1 rings (SSSR count). The summed E-state index contributed by atoms with van der Waals surface area (Å²) in [5, 5.41) is 12.4. The van der Waals surface area contributed by atoms with Gasteiger partial charge in [-0.15, -0.1) is 11.3 Å². The third-order valence-corrected chi connectivity index (χ3v) is 4.34. The van der Waals surface area contributed by atoms with Crippen molar-refractivity contribution < 1.29 is 14.6 Å². The monoisotopic (exact) mass is 313 g/mol. The SMILES string of the molecule is CCc1ccc(CC(C)(CO)CNC(=O)OC(C)(C)C)s1. The Kier molecular flexibility index (Phi) is 6.23. The first-order valence-electron chi connectivity index (χ1n) is 7.33. The minimum absolute atomic E-state index is 0.0160. The molecule has 1 atom stereocenters. The highest BCUT2D eigenvalue weighted by atomic mass is 32.1. The number of aryl methyl sites for hydroxylation is 1. The fraction of sp³-hybridized carbons (Fsp3) is 0.688. The first kappa shape index (κ1) is 18.0. The highest BCUT2D eigenvalue weighted by Crippen LogP contribution is 2.26. The van der Waals surface area contributed by atoms with Gasteiger partial charge in [-0.2, -0.15) is 0 Å². The minimum Gasteiger partial charge on any atom is -0.444 e. The second-order valence-corrected chi connectivity index (χ2v) is 7.98. The summed E-state index contributed by atoms with van der Waals surface area (Å²) in [7, 11) is 0. The minimum atomic E-state index is -0.510. The van der Waals surface area contributed by atoms with Gasteiger partial charge in [-0.1, -0.05) is 13.8 Å². The van der Waals surface area contributed by atoms with Crippen LogP contribution in [0, 0.1) is 5.41 Å². The fourth-order valence-electron chi connectivity index (χ4n) is 1.90. The molecule has 0 aromatic carbocycles. The van der Waals surface area contributed by atoms with Gasteiger partial charge >= 0.3 is 6.09 Å². The van der Waals surface area contributed by atoms with Crippen molar-refractivity contribution in [2.75, 3.05) is 13.2 Å². The Labute approximate surface area is 131 Å². The van der Waals surface area contributed by atoms with E-state index in [-0.39, 0.29) is 12.0 Å². The van der Waals surface area contributed by atoms with Crippen molar-refractivity contribution in [1.82, 2.24) is 5.32 Å². The van der Waals surface area contributed by atoms with Crippen LogP contribution < -0.4 is 5.32 Å². The van der Waals surface area contributed by atoms with Crippen LogP contribution in [0.15, 0.2) is 12.1 Å². The molecule has 0 saturated heterocycles. The van der Waals surface area contributed by atoms with E-state index < -0.39 is 11.7 Å². The number of aliphatic hydroxyl groups is 1. The van der Waals surface area contributed by atoms with E-state index in [2.05, 4.69) is 24.4 Å². The lowest BCUT2D eigenvalue weighted by Crippen LogP contribution is -2.41. The largest absolute Gasteiger partial charge is 0.444 e. The number of rotatable bonds is 6. The van der Waals surface area contributed by atoms with Gasteiger partial charge in [-0.05, 0) is 45.7 Å². The summed E-state index contributed by atoms with van der Waals surface area (Å²) in [6.45, 7) is 9.99. The molecule has 1 aromatic heterocycles. The molecule has 0 aliphatic rings. The smallest absolute Gasteiger partial charge is 0.407 e. The molecular formula is C16H27NO3S. The Hall–Kier alpha value is -1.07. The zero-order valence-corrected chi connectivity index (χ0v) is 14.5. The Balaban J connectivity index is 2.57. The Morgan fingerprint density at radius 2 is 1.90 bits per heavy atom. The molecule has 0 bridgehead atoms. The van der Waals surface area contributed by atoms with E-state index in [4.69, 9.17) is 4.74 Å². The highest BCUT2D eigenvalue weighted by Gasteiger charge is 2.26. The molecule has 0 saturated carbocycles. The van der Waals surface area contributed by atoms with E-state index in [1.165, 1.54) is 9.75 Å². The maximum absolute atomic E-state index is 11.7. The summed E-state index contributed by atoms with van der Waals surface area (Å²) in [6.07, 6.45) is 1.32. The summed E-state index contributed by atoms with van der Waals surface area (Å²) in [4.78, 5) is 14.3. The number of aliphatic hydroxyl groups excluding tert-OH is 1. The number of carbonyl (C=O) groups excluding carboxylic acids is 1. The van der Waals surface area contributed by atoms with Crippen LogP contribution in [0.2, 0.25) is 0 Å². The second-order valence-electron chi connectivity index (χ2n) is 6.72. The molecule has 0 aliphatic heterocycles. The first-order chi connectivity index (χ1) is 9.67. The van der Waals surface area contributed by atoms with Gasteiger partial charge in [0.1, 0.15) is 5.60 Å². The zero-order valence-electron chi connectivity index (χ0n) is 13.7. The standard InChI is InChI=1S/C16H27NO3S/c1-6-12-7-8-13(21-12)9-16(5,11-18)10-17-14(19)20-15(2,3)4/h7-8,18H,6,9-11H2,1-5H3,(H,17,19). The van der Waals surface area contributed by atoms with Gasteiger partial charge in [0.25, 0.3) is 0 Å². The summed E-state index contributed by atoms with van der Waals surface area (Å²) in [5.74, 6) is 0.